The number of carbonyl (C=O) groups is 1. The van der Waals surface area contributed by atoms with Gasteiger partial charge in [-0.1, -0.05) is 25.2 Å². The number of benzene rings is 2. The molecule has 2 aliphatic heterocycles. The van der Waals surface area contributed by atoms with Crippen molar-refractivity contribution in [3.63, 3.8) is 0 Å². The molecule has 2 heterocycles. The van der Waals surface area contributed by atoms with Gasteiger partial charge in [0.1, 0.15) is 19.0 Å². The Bertz CT molecular complexity index is 1450. The SMILES string of the molecule is C.C.CC(C)=O.CCON=C(C1=NCCN1C)c1c(C)c(C)c(C)c(C)c1C.CCON=C(C1=NCCN1C)c1c(C)c(C)c(C)c(C)c1C.[InH3]. The molecule has 0 radical (unpaired) electrons. The van der Waals surface area contributed by atoms with Crippen LogP contribution in [0.25, 0.3) is 0 Å². The first-order valence-corrected chi connectivity index (χ1v) is 17.1. The van der Waals surface area contributed by atoms with Crippen LogP contribution in [0.4, 0.5) is 0 Å². The molecule has 0 aromatic heterocycles. The fourth-order valence-corrected chi connectivity index (χ4v) is 5.94. The van der Waals surface area contributed by atoms with Gasteiger partial charge in [-0.15, -0.1) is 0 Å². The predicted molar refractivity (Wildman–Crippen MR) is 226 cm³/mol. The van der Waals surface area contributed by atoms with E-state index in [1.807, 2.05) is 13.8 Å². The molecule has 4 rings (SSSR count). The molecule has 0 aliphatic carbocycles. The first kappa shape index (κ1) is 50.0. The van der Waals surface area contributed by atoms with Crippen molar-refractivity contribution >= 4 is 54.7 Å². The van der Waals surface area contributed by atoms with Gasteiger partial charge in [-0.3, -0.25) is 9.98 Å². The molecule has 0 saturated heterocycles. The molecule has 286 valence electrons. The molecule has 0 amide bonds. The molecule has 2 aliphatic rings. The van der Waals surface area contributed by atoms with E-state index < -0.39 is 0 Å². The fourth-order valence-electron chi connectivity index (χ4n) is 5.94. The van der Waals surface area contributed by atoms with Crippen molar-refractivity contribution in [3.8, 4) is 0 Å². The maximum absolute atomic E-state index is 9.44. The first-order valence-electron chi connectivity index (χ1n) is 17.1. The maximum atomic E-state index is 9.44. The van der Waals surface area contributed by atoms with Gasteiger partial charge in [-0.2, -0.15) is 0 Å². The number of rotatable bonds is 8. The summed E-state index contributed by atoms with van der Waals surface area (Å²) < 4.78 is 0. The molecule has 2 aromatic carbocycles. The van der Waals surface area contributed by atoms with Gasteiger partial charge in [0.05, 0.1) is 13.1 Å². The van der Waals surface area contributed by atoms with Crippen molar-refractivity contribution in [2.75, 3.05) is 53.5 Å². The Morgan fingerprint density at radius 2 is 0.804 bits per heavy atom. The van der Waals surface area contributed by atoms with E-state index in [0.29, 0.717) is 13.2 Å². The van der Waals surface area contributed by atoms with Crippen molar-refractivity contribution in [1.29, 1.82) is 0 Å². The van der Waals surface area contributed by atoms with Crippen molar-refractivity contribution in [2.45, 2.75) is 112 Å². The molecule has 2 aromatic rings. The molecule has 9 nitrogen and oxygen atoms in total. The van der Waals surface area contributed by atoms with E-state index in [0.717, 1.165) is 49.3 Å². The minimum atomic E-state index is 0. The Labute approximate surface area is 329 Å². The average Bonchev–Trinajstić information content (AvgIpc) is 3.67. The molecule has 0 atom stereocenters. The molecule has 0 saturated carbocycles. The van der Waals surface area contributed by atoms with Crippen LogP contribution in [-0.2, 0) is 14.5 Å². The van der Waals surface area contributed by atoms with E-state index in [2.05, 4.69) is 113 Å². The number of Topliss-reactive ketones (excluding diaryl/α,β-unsaturated/α-hetero) is 1. The minimum absolute atomic E-state index is 0. The van der Waals surface area contributed by atoms with Crippen LogP contribution in [0, 0.1) is 69.2 Å². The number of carbonyl (C=O) groups excluding carboxylic acids is 1. The second-order valence-corrected chi connectivity index (χ2v) is 12.9. The zero-order valence-electron chi connectivity index (χ0n) is 32.7. The van der Waals surface area contributed by atoms with Crippen molar-refractivity contribution in [2.24, 2.45) is 20.3 Å². The third-order valence-corrected chi connectivity index (χ3v) is 9.58. The van der Waals surface area contributed by atoms with E-state index in [-0.39, 0.29) is 46.5 Å². The summed E-state index contributed by atoms with van der Waals surface area (Å²) in [7, 11) is 4.12. The number of ketones is 1. The van der Waals surface area contributed by atoms with Crippen LogP contribution in [0.15, 0.2) is 20.3 Å². The van der Waals surface area contributed by atoms with Crippen LogP contribution in [0.1, 0.15) is 109 Å². The summed E-state index contributed by atoms with van der Waals surface area (Å²) in [5.41, 5.74) is 17.1. The number of oxime groups is 2. The first-order chi connectivity index (χ1) is 22.5. The van der Waals surface area contributed by atoms with Gasteiger partial charge in [-0.25, -0.2) is 0 Å². The Hall–Kier alpha value is -3.14. The fraction of sp³-hybridized carbons (Fsp3) is 0.585. The molecule has 0 spiro atoms. The number of nitrogens with zero attached hydrogens (tertiary/aromatic N) is 6. The Kier molecular flexibility index (Phi) is 22.3. The Balaban J connectivity index is 0. The van der Waals surface area contributed by atoms with Crippen LogP contribution in [0.2, 0.25) is 0 Å². The van der Waals surface area contributed by atoms with Gasteiger partial charge < -0.3 is 24.3 Å². The average molecular weight is 811 g/mol. The third kappa shape index (κ3) is 11.9. The molecule has 0 N–H and O–H groups in total. The summed E-state index contributed by atoms with van der Waals surface area (Å²) in [5, 5.41) is 8.85. The summed E-state index contributed by atoms with van der Waals surface area (Å²) >= 11 is 0. The number of likely N-dealkylation sites (N-methyl/N-ethyl adjacent to an activating group) is 2. The quantitative estimate of drug-likeness (QED) is 0.206. The number of hydrogen-bond donors (Lipinski definition) is 0. The van der Waals surface area contributed by atoms with Gasteiger partial charge in [0.15, 0.2) is 23.1 Å². The van der Waals surface area contributed by atoms with E-state index >= 15 is 0 Å². The molecule has 0 unspecified atom stereocenters. The Morgan fingerprint density at radius 3 is 1.00 bits per heavy atom. The van der Waals surface area contributed by atoms with Gasteiger partial charge >= 0.3 is 25.8 Å². The zero-order valence-corrected chi connectivity index (χ0v) is 32.7. The van der Waals surface area contributed by atoms with Crippen molar-refractivity contribution in [1.82, 2.24) is 9.80 Å². The van der Waals surface area contributed by atoms with E-state index in [1.54, 1.807) is 0 Å². The summed E-state index contributed by atoms with van der Waals surface area (Å²) in [6, 6.07) is 0. The third-order valence-electron chi connectivity index (χ3n) is 9.58. The van der Waals surface area contributed by atoms with E-state index in [1.165, 1.54) is 80.6 Å². The molecule has 0 bridgehead atoms. The van der Waals surface area contributed by atoms with Gasteiger partial charge in [0.25, 0.3) is 0 Å². The van der Waals surface area contributed by atoms with Crippen LogP contribution < -0.4 is 0 Å². The summed E-state index contributed by atoms with van der Waals surface area (Å²) in [6.07, 6.45) is 0. The molecule has 0 fully saturated rings. The van der Waals surface area contributed by atoms with E-state index in [9.17, 15) is 4.79 Å². The number of amidine groups is 2. The predicted octanol–water partition coefficient (Wildman–Crippen LogP) is 7.31. The second kappa shape index (κ2) is 22.7. The molecular formula is C41H71InN6O3. The van der Waals surface area contributed by atoms with Crippen LogP contribution in [-0.4, -0.2) is 118 Å². The second-order valence-electron chi connectivity index (χ2n) is 12.9. The molecule has 10 heteroatoms. The summed E-state index contributed by atoms with van der Waals surface area (Å²) in [4.78, 5) is 33.9. The van der Waals surface area contributed by atoms with Crippen molar-refractivity contribution in [3.05, 3.63) is 66.8 Å². The molecular weight excluding hydrogens is 739 g/mol. The standard InChI is InChI=1S/2C18H27N3O.C3H6O.2CH4.In.3H/c2*1-8-22-20-17(18-19-9-10-21(18)7)16-14(5)12(3)11(2)13(4)15(16)6;1-3(2)4;;;;;;/h2*8-10H2,1-7H3;1-2H3;2*1H4;;;;. The van der Waals surface area contributed by atoms with Crippen LogP contribution >= 0.6 is 0 Å². The van der Waals surface area contributed by atoms with Gasteiger partial charge in [-0.05, 0) is 153 Å². The van der Waals surface area contributed by atoms with Crippen LogP contribution in [0.3, 0.4) is 0 Å². The Morgan fingerprint density at radius 1 is 0.569 bits per heavy atom. The van der Waals surface area contributed by atoms with Crippen LogP contribution in [0.5, 0.6) is 0 Å². The van der Waals surface area contributed by atoms with Crippen molar-refractivity contribution < 1.29 is 14.5 Å². The monoisotopic (exact) mass is 810 g/mol. The zero-order chi connectivity index (χ0) is 36.5. The van der Waals surface area contributed by atoms with E-state index in [4.69, 9.17) is 9.68 Å². The molecule has 51 heavy (non-hydrogen) atoms. The summed E-state index contributed by atoms with van der Waals surface area (Å²) in [5.74, 6) is 2.03. The number of hydrogen-bond acceptors (Lipinski definition) is 9. The normalized spacial score (nSPS) is 13.7. The number of aliphatic imine (C=N–C) groups is 2. The van der Waals surface area contributed by atoms with Gasteiger partial charge in [0.2, 0.25) is 0 Å². The summed E-state index contributed by atoms with van der Waals surface area (Å²) in [6.45, 7) is 33.3. The van der Waals surface area contributed by atoms with Gasteiger partial charge in [0, 0.05) is 38.3 Å². The topological polar surface area (TPSA) is 91.4 Å².